The number of hydrogen-bond donors (Lipinski definition) is 1. The predicted octanol–water partition coefficient (Wildman–Crippen LogP) is 2.59. The molecule has 4 nitrogen and oxygen atoms in total. The van der Waals surface area contributed by atoms with Crippen LogP contribution in [0.1, 0.15) is 35.2 Å². The van der Waals surface area contributed by atoms with Crippen LogP contribution in [-0.2, 0) is 9.05 Å². The summed E-state index contributed by atoms with van der Waals surface area (Å²) in [6.07, 6.45) is 3.20. The van der Waals surface area contributed by atoms with Gasteiger partial charge in [-0.15, -0.1) is 0 Å². The van der Waals surface area contributed by atoms with Crippen molar-refractivity contribution in [3.05, 3.63) is 29.1 Å². The average molecular weight is 320 g/mol. The van der Waals surface area contributed by atoms with Crippen molar-refractivity contribution in [1.82, 2.24) is 5.32 Å². The molecule has 0 aromatic heterocycles. The van der Waals surface area contributed by atoms with Crippen molar-refractivity contribution in [2.45, 2.75) is 31.1 Å². The van der Waals surface area contributed by atoms with Gasteiger partial charge in [0.15, 0.2) is 0 Å². The summed E-state index contributed by atoms with van der Waals surface area (Å²) in [6, 6.07) is 2.08. The van der Waals surface area contributed by atoms with Crippen LogP contribution in [0.3, 0.4) is 0 Å². The molecule has 0 atom stereocenters. The largest absolute Gasteiger partial charge is 0.352 e. The number of aryl methyl sites for hydroxylation is 1. The lowest BCUT2D eigenvalue weighted by molar-refractivity contribution is 0.0948. The maximum absolute atomic E-state index is 13.9. The van der Waals surface area contributed by atoms with E-state index in [4.69, 9.17) is 10.7 Å². The minimum atomic E-state index is -4.00. The Bertz CT molecular complexity index is 641. The standard InChI is InChI=1S/C13H15ClFNO3S/c1-8-6-10(20(14,18)19)7-11(12(8)15)13(17)16-5-4-9-2-3-9/h6-7,9H,2-5H2,1H3,(H,16,17). The van der Waals surface area contributed by atoms with Crippen molar-refractivity contribution in [2.24, 2.45) is 5.92 Å². The SMILES string of the molecule is Cc1cc(S(=O)(=O)Cl)cc(C(=O)NCCC2CC2)c1F. The second kappa shape index (κ2) is 5.69. The third-order valence-electron chi connectivity index (χ3n) is 3.29. The van der Waals surface area contributed by atoms with Gasteiger partial charge in [0.1, 0.15) is 5.82 Å². The highest BCUT2D eigenvalue weighted by Crippen LogP contribution is 2.31. The maximum atomic E-state index is 13.9. The molecule has 0 unspecified atom stereocenters. The van der Waals surface area contributed by atoms with Crippen molar-refractivity contribution in [3.63, 3.8) is 0 Å². The highest BCUT2D eigenvalue weighted by Gasteiger charge is 2.22. The van der Waals surface area contributed by atoms with Gasteiger partial charge in [-0.3, -0.25) is 4.79 Å². The molecule has 1 saturated carbocycles. The lowest BCUT2D eigenvalue weighted by Crippen LogP contribution is -2.26. The quantitative estimate of drug-likeness (QED) is 0.848. The van der Waals surface area contributed by atoms with Crippen LogP contribution in [0, 0.1) is 18.7 Å². The molecule has 1 N–H and O–H groups in total. The van der Waals surface area contributed by atoms with Crippen LogP contribution >= 0.6 is 10.7 Å². The van der Waals surface area contributed by atoms with Crippen LogP contribution in [0.25, 0.3) is 0 Å². The lowest BCUT2D eigenvalue weighted by Gasteiger charge is -2.09. The highest BCUT2D eigenvalue weighted by molar-refractivity contribution is 8.13. The number of carbonyl (C=O) groups is 1. The molecule has 0 heterocycles. The Balaban J connectivity index is 2.20. The van der Waals surface area contributed by atoms with Gasteiger partial charge in [0.25, 0.3) is 15.0 Å². The number of benzene rings is 1. The van der Waals surface area contributed by atoms with Gasteiger partial charge in [-0.2, -0.15) is 0 Å². The van der Waals surface area contributed by atoms with Gasteiger partial charge >= 0.3 is 0 Å². The molecule has 0 saturated heterocycles. The van der Waals surface area contributed by atoms with Gasteiger partial charge < -0.3 is 5.32 Å². The van der Waals surface area contributed by atoms with Crippen molar-refractivity contribution in [3.8, 4) is 0 Å². The summed E-state index contributed by atoms with van der Waals surface area (Å²) in [5.41, 5.74) is -0.223. The zero-order valence-corrected chi connectivity index (χ0v) is 12.5. The monoisotopic (exact) mass is 319 g/mol. The molecule has 1 amide bonds. The van der Waals surface area contributed by atoms with E-state index >= 15 is 0 Å². The number of rotatable bonds is 5. The summed E-state index contributed by atoms with van der Waals surface area (Å²) in [6.45, 7) is 1.85. The molecule has 1 aromatic rings. The molecule has 0 aliphatic heterocycles. The van der Waals surface area contributed by atoms with Crippen LogP contribution in [0.15, 0.2) is 17.0 Å². The van der Waals surface area contributed by atoms with Crippen LogP contribution in [0.4, 0.5) is 4.39 Å². The van der Waals surface area contributed by atoms with E-state index in [1.165, 1.54) is 19.8 Å². The van der Waals surface area contributed by atoms with Crippen LogP contribution in [0.5, 0.6) is 0 Å². The molecule has 0 radical (unpaired) electrons. The molecule has 1 fully saturated rings. The van der Waals surface area contributed by atoms with Gasteiger partial charge in [-0.1, -0.05) is 12.8 Å². The van der Waals surface area contributed by atoms with Gasteiger partial charge in [0, 0.05) is 17.2 Å². The fourth-order valence-electron chi connectivity index (χ4n) is 1.93. The molecule has 20 heavy (non-hydrogen) atoms. The molecule has 7 heteroatoms. The summed E-state index contributed by atoms with van der Waals surface area (Å²) in [5.74, 6) is -0.692. The molecule has 1 aliphatic rings. The van der Waals surface area contributed by atoms with E-state index < -0.39 is 20.8 Å². The average Bonchev–Trinajstić information content (AvgIpc) is 3.15. The Morgan fingerprint density at radius 1 is 1.45 bits per heavy atom. The number of carbonyl (C=O) groups excluding carboxylic acids is 1. The van der Waals surface area contributed by atoms with Crippen molar-refractivity contribution in [2.75, 3.05) is 6.54 Å². The Morgan fingerprint density at radius 3 is 2.65 bits per heavy atom. The van der Waals surface area contributed by atoms with Crippen LogP contribution < -0.4 is 5.32 Å². The molecule has 0 bridgehead atoms. The number of nitrogens with one attached hydrogen (secondary N) is 1. The fraction of sp³-hybridized carbons (Fsp3) is 0.462. The van der Waals surface area contributed by atoms with E-state index in [9.17, 15) is 17.6 Å². The number of hydrogen-bond acceptors (Lipinski definition) is 3. The molecule has 0 spiro atoms. The van der Waals surface area contributed by atoms with Crippen molar-refractivity contribution >= 4 is 25.6 Å². The Kier molecular flexibility index (Phi) is 4.34. The molecule has 1 aliphatic carbocycles. The van der Waals surface area contributed by atoms with Gasteiger partial charge in [0.2, 0.25) is 0 Å². The first-order valence-electron chi connectivity index (χ1n) is 6.32. The third-order valence-corrected chi connectivity index (χ3v) is 4.62. The molecular formula is C13H15ClFNO3S. The summed E-state index contributed by atoms with van der Waals surface area (Å²) in [5, 5.41) is 2.60. The zero-order valence-electron chi connectivity index (χ0n) is 10.9. The topological polar surface area (TPSA) is 63.2 Å². The van der Waals surface area contributed by atoms with E-state index in [-0.39, 0.29) is 16.0 Å². The number of halogens is 2. The maximum Gasteiger partial charge on any atom is 0.261 e. The van der Waals surface area contributed by atoms with E-state index in [1.54, 1.807) is 0 Å². The number of amides is 1. The third kappa shape index (κ3) is 3.70. The Morgan fingerprint density at radius 2 is 2.10 bits per heavy atom. The lowest BCUT2D eigenvalue weighted by atomic mass is 10.1. The van der Waals surface area contributed by atoms with E-state index in [2.05, 4.69) is 5.32 Å². The fourth-order valence-corrected chi connectivity index (χ4v) is 2.78. The van der Waals surface area contributed by atoms with Crippen molar-refractivity contribution in [1.29, 1.82) is 0 Å². The van der Waals surface area contributed by atoms with E-state index in [0.29, 0.717) is 12.5 Å². The van der Waals surface area contributed by atoms with E-state index in [0.717, 1.165) is 18.6 Å². The highest BCUT2D eigenvalue weighted by atomic mass is 35.7. The van der Waals surface area contributed by atoms with Crippen LogP contribution in [0.2, 0.25) is 0 Å². The smallest absolute Gasteiger partial charge is 0.261 e. The molecule has 110 valence electrons. The minimum absolute atomic E-state index is 0.0686. The second-order valence-electron chi connectivity index (χ2n) is 5.03. The summed E-state index contributed by atoms with van der Waals surface area (Å²) >= 11 is 0. The summed E-state index contributed by atoms with van der Waals surface area (Å²) in [4.78, 5) is 11.6. The zero-order chi connectivity index (χ0) is 14.9. The first-order valence-corrected chi connectivity index (χ1v) is 8.63. The van der Waals surface area contributed by atoms with Gasteiger partial charge in [-0.25, -0.2) is 12.8 Å². The molecule has 2 rings (SSSR count). The summed E-state index contributed by atoms with van der Waals surface area (Å²) in [7, 11) is 1.24. The van der Waals surface area contributed by atoms with Gasteiger partial charge in [0.05, 0.1) is 10.5 Å². The minimum Gasteiger partial charge on any atom is -0.352 e. The first kappa shape index (κ1) is 15.3. The normalized spacial score (nSPS) is 15.2. The van der Waals surface area contributed by atoms with E-state index in [1.807, 2.05) is 0 Å². The Labute approximate surface area is 121 Å². The molecular weight excluding hydrogens is 305 g/mol. The second-order valence-corrected chi connectivity index (χ2v) is 7.59. The summed E-state index contributed by atoms with van der Waals surface area (Å²) < 4.78 is 36.5. The molecule has 1 aromatic carbocycles. The van der Waals surface area contributed by atoms with Crippen LogP contribution in [-0.4, -0.2) is 20.9 Å². The predicted molar refractivity (Wildman–Crippen MR) is 73.9 cm³/mol. The first-order chi connectivity index (χ1) is 9.29. The van der Waals surface area contributed by atoms with Gasteiger partial charge in [-0.05, 0) is 37.0 Å². The van der Waals surface area contributed by atoms with Crippen molar-refractivity contribution < 1.29 is 17.6 Å². The Hall–Kier alpha value is -1.14.